The second-order valence-electron chi connectivity index (χ2n) is 4.37. The van der Waals surface area contributed by atoms with Crippen LogP contribution in [0.3, 0.4) is 0 Å². The van der Waals surface area contributed by atoms with Crippen molar-refractivity contribution in [1.82, 2.24) is 10.2 Å². The summed E-state index contributed by atoms with van der Waals surface area (Å²) in [6.45, 7) is 3.47. The molecule has 2 aromatic rings. The van der Waals surface area contributed by atoms with Gasteiger partial charge in [-0.1, -0.05) is 12.1 Å². The largest absolute Gasteiger partial charge is 0.461 e. The summed E-state index contributed by atoms with van der Waals surface area (Å²) < 4.78 is 43.0. The van der Waals surface area contributed by atoms with Crippen LogP contribution in [0.4, 0.5) is 13.2 Å². The van der Waals surface area contributed by atoms with Crippen LogP contribution in [-0.4, -0.2) is 22.8 Å². The van der Waals surface area contributed by atoms with E-state index in [1.807, 2.05) is 0 Å². The Bertz CT molecular complexity index is 662. The molecule has 0 spiro atoms. The Morgan fingerprint density at radius 3 is 2.71 bits per heavy atom. The molecule has 0 aliphatic heterocycles. The smallest absolute Gasteiger partial charge is 0.416 e. The summed E-state index contributed by atoms with van der Waals surface area (Å²) in [5, 5.41) is 6.43. The van der Waals surface area contributed by atoms with Crippen molar-refractivity contribution in [3.8, 4) is 11.3 Å². The Morgan fingerprint density at radius 2 is 2.10 bits per heavy atom. The Kier molecular flexibility index (Phi) is 4.02. The Hall–Kier alpha value is -2.31. The molecule has 112 valence electrons. The molecule has 0 unspecified atom stereocenters. The van der Waals surface area contributed by atoms with Crippen molar-refractivity contribution in [2.24, 2.45) is 0 Å². The minimum Gasteiger partial charge on any atom is -0.461 e. The van der Waals surface area contributed by atoms with Gasteiger partial charge in [0.1, 0.15) is 5.69 Å². The normalized spacial score (nSPS) is 11.5. The quantitative estimate of drug-likeness (QED) is 0.881. The summed E-state index contributed by atoms with van der Waals surface area (Å²) in [6.07, 6.45) is -4.43. The first-order valence-corrected chi connectivity index (χ1v) is 6.24. The van der Waals surface area contributed by atoms with Gasteiger partial charge in [0.15, 0.2) is 0 Å². The lowest BCUT2D eigenvalue weighted by atomic mass is 10.0. The van der Waals surface area contributed by atoms with Crippen molar-refractivity contribution >= 4 is 5.97 Å². The predicted molar refractivity (Wildman–Crippen MR) is 69.7 cm³/mol. The summed E-state index contributed by atoms with van der Waals surface area (Å²) in [4.78, 5) is 11.7. The SMILES string of the molecule is CCOC(=O)c1[nH]nc(-c2cccc(C(F)(F)F)c2)c1C. The van der Waals surface area contributed by atoms with Gasteiger partial charge in [-0.2, -0.15) is 18.3 Å². The summed E-state index contributed by atoms with van der Waals surface area (Å²) in [5.41, 5.74) is 0.412. The van der Waals surface area contributed by atoms with Crippen molar-refractivity contribution in [1.29, 1.82) is 0 Å². The molecule has 0 aliphatic rings. The molecule has 0 radical (unpaired) electrons. The number of aromatic nitrogens is 2. The molecule has 1 heterocycles. The molecule has 21 heavy (non-hydrogen) atoms. The molecule has 1 aromatic carbocycles. The van der Waals surface area contributed by atoms with Crippen molar-refractivity contribution in [2.75, 3.05) is 6.61 Å². The molecule has 0 saturated heterocycles. The maximum atomic E-state index is 12.7. The van der Waals surface area contributed by atoms with Crippen LogP contribution in [0.15, 0.2) is 24.3 Å². The van der Waals surface area contributed by atoms with Crippen molar-refractivity contribution in [2.45, 2.75) is 20.0 Å². The van der Waals surface area contributed by atoms with Crippen LogP contribution in [0.25, 0.3) is 11.3 Å². The maximum absolute atomic E-state index is 12.7. The van der Waals surface area contributed by atoms with E-state index in [1.165, 1.54) is 12.1 Å². The monoisotopic (exact) mass is 298 g/mol. The highest BCUT2D eigenvalue weighted by Gasteiger charge is 2.31. The number of H-pyrrole nitrogens is 1. The molecule has 0 amide bonds. The molecule has 0 fully saturated rings. The van der Waals surface area contributed by atoms with Gasteiger partial charge < -0.3 is 4.74 Å². The minimum atomic E-state index is -4.43. The second-order valence-corrected chi connectivity index (χ2v) is 4.37. The van der Waals surface area contributed by atoms with E-state index in [4.69, 9.17) is 4.74 Å². The molecule has 0 atom stereocenters. The number of carbonyl (C=O) groups is 1. The van der Waals surface area contributed by atoms with E-state index in [9.17, 15) is 18.0 Å². The average molecular weight is 298 g/mol. The van der Waals surface area contributed by atoms with Crippen molar-refractivity contribution in [3.63, 3.8) is 0 Å². The van der Waals surface area contributed by atoms with Gasteiger partial charge in [0.05, 0.1) is 17.9 Å². The zero-order valence-corrected chi connectivity index (χ0v) is 11.4. The molecule has 0 aliphatic carbocycles. The number of aromatic amines is 1. The number of hydrogen-bond donors (Lipinski definition) is 1. The first-order valence-electron chi connectivity index (χ1n) is 6.24. The van der Waals surface area contributed by atoms with Gasteiger partial charge in [-0.05, 0) is 26.0 Å². The fourth-order valence-corrected chi connectivity index (χ4v) is 1.92. The maximum Gasteiger partial charge on any atom is 0.416 e. The number of alkyl halides is 3. The van der Waals surface area contributed by atoms with Crippen LogP contribution >= 0.6 is 0 Å². The zero-order chi connectivity index (χ0) is 15.6. The lowest BCUT2D eigenvalue weighted by molar-refractivity contribution is -0.137. The predicted octanol–water partition coefficient (Wildman–Crippen LogP) is 3.58. The van der Waals surface area contributed by atoms with Gasteiger partial charge in [0, 0.05) is 11.1 Å². The number of carbonyl (C=O) groups excluding carboxylic acids is 1. The fourth-order valence-electron chi connectivity index (χ4n) is 1.92. The highest BCUT2D eigenvalue weighted by Crippen LogP contribution is 2.32. The third-order valence-electron chi connectivity index (χ3n) is 2.95. The van der Waals surface area contributed by atoms with E-state index in [2.05, 4.69) is 10.2 Å². The van der Waals surface area contributed by atoms with Gasteiger partial charge >= 0.3 is 12.1 Å². The van der Waals surface area contributed by atoms with E-state index in [0.29, 0.717) is 11.3 Å². The minimum absolute atomic E-state index is 0.143. The summed E-state index contributed by atoms with van der Waals surface area (Å²) in [6, 6.07) is 4.79. The highest BCUT2D eigenvalue weighted by molar-refractivity contribution is 5.91. The topological polar surface area (TPSA) is 55.0 Å². The first-order chi connectivity index (χ1) is 9.84. The molecular formula is C14H13F3N2O2. The molecule has 1 N–H and O–H groups in total. The molecule has 0 bridgehead atoms. The van der Waals surface area contributed by atoms with Gasteiger partial charge in [-0.3, -0.25) is 5.10 Å². The number of benzene rings is 1. The second kappa shape index (κ2) is 5.59. The number of ether oxygens (including phenoxy) is 1. The van der Waals surface area contributed by atoms with Crippen LogP contribution < -0.4 is 0 Å². The van der Waals surface area contributed by atoms with E-state index < -0.39 is 17.7 Å². The molecule has 7 heteroatoms. The Morgan fingerprint density at radius 1 is 1.38 bits per heavy atom. The summed E-state index contributed by atoms with van der Waals surface area (Å²) in [7, 11) is 0. The van der Waals surface area contributed by atoms with E-state index >= 15 is 0 Å². The number of halogens is 3. The fraction of sp³-hybridized carbons (Fsp3) is 0.286. The summed E-state index contributed by atoms with van der Waals surface area (Å²) in [5.74, 6) is -0.583. The van der Waals surface area contributed by atoms with E-state index in [1.54, 1.807) is 13.8 Å². The standard InChI is InChI=1S/C14H13F3N2O2/c1-3-21-13(20)12-8(2)11(18-19-12)9-5-4-6-10(7-9)14(15,16)17/h4-7H,3H2,1-2H3,(H,18,19). The Balaban J connectivity index is 2.42. The lowest BCUT2D eigenvalue weighted by Crippen LogP contribution is -2.06. The van der Waals surface area contributed by atoms with Crippen LogP contribution in [0.2, 0.25) is 0 Å². The molecule has 4 nitrogen and oxygen atoms in total. The molecule has 0 saturated carbocycles. The number of rotatable bonds is 3. The van der Waals surface area contributed by atoms with E-state index in [-0.39, 0.29) is 17.9 Å². The van der Waals surface area contributed by atoms with Crippen molar-refractivity contribution < 1.29 is 22.7 Å². The molecule has 2 rings (SSSR count). The number of nitrogens with zero attached hydrogens (tertiary/aromatic N) is 1. The first kappa shape index (κ1) is 15.1. The van der Waals surface area contributed by atoms with Crippen LogP contribution in [-0.2, 0) is 10.9 Å². The van der Waals surface area contributed by atoms with Crippen LogP contribution in [0, 0.1) is 6.92 Å². The zero-order valence-electron chi connectivity index (χ0n) is 11.4. The van der Waals surface area contributed by atoms with Crippen LogP contribution in [0.1, 0.15) is 28.5 Å². The van der Waals surface area contributed by atoms with Crippen LogP contribution in [0.5, 0.6) is 0 Å². The lowest BCUT2D eigenvalue weighted by Gasteiger charge is -2.08. The Labute approximate surface area is 118 Å². The van der Waals surface area contributed by atoms with Gasteiger partial charge in [-0.25, -0.2) is 4.79 Å². The summed E-state index contributed by atoms with van der Waals surface area (Å²) >= 11 is 0. The number of esters is 1. The van der Waals surface area contributed by atoms with E-state index in [0.717, 1.165) is 12.1 Å². The van der Waals surface area contributed by atoms with Gasteiger partial charge in [0.25, 0.3) is 0 Å². The third-order valence-corrected chi connectivity index (χ3v) is 2.95. The molecular weight excluding hydrogens is 285 g/mol. The number of nitrogens with one attached hydrogen (secondary N) is 1. The van der Waals surface area contributed by atoms with Gasteiger partial charge in [0.2, 0.25) is 0 Å². The molecule has 1 aromatic heterocycles. The van der Waals surface area contributed by atoms with Crippen molar-refractivity contribution in [3.05, 3.63) is 41.1 Å². The number of hydrogen-bond acceptors (Lipinski definition) is 3. The highest BCUT2D eigenvalue weighted by atomic mass is 19.4. The third kappa shape index (κ3) is 3.07. The van der Waals surface area contributed by atoms with Gasteiger partial charge in [-0.15, -0.1) is 0 Å². The average Bonchev–Trinajstić information content (AvgIpc) is 2.80.